The van der Waals surface area contributed by atoms with Gasteiger partial charge in [0.1, 0.15) is 0 Å². The molecule has 2 rings (SSSR count). The van der Waals surface area contributed by atoms with Crippen molar-refractivity contribution < 1.29 is 0 Å². The van der Waals surface area contributed by atoms with E-state index in [1.54, 1.807) is 24.2 Å². The normalized spacial score (nSPS) is 11.8. The van der Waals surface area contributed by atoms with Crippen molar-refractivity contribution in [2.45, 2.75) is 118 Å². The average Bonchev–Trinajstić information content (AvgIpc) is 2.73. The van der Waals surface area contributed by atoms with Crippen molar-refractivity contribution in [2.24, 2.45) is 0 Å². The maximum absolute atomic E-state index is 2.44. The van der Waals surface area contributed by atoms with Crippen LogP contribution in [0.5, 0.6) is 0 Å². The van der Waals surface area contributed by atoms with Gasteiger partial charge < -0.3 is 0 Å². The van der Waals surface area contributed by atoms with Gasteiger partial charge in [0.25, 0.3) is 0 Å². The molecule has 0 aromatic heterocycles. The molecule has 0 nitrogen and oxygen atoms in total. The fourth-order valence-corrected chi connectivity index (χ4v) is 23.6. The molecule has 0 fully saturated rings. The van der Waals surface area contributed by atoms with Gasteiger partial charge in [-0.25, -0.2) is 0 Å². The van der Waals surface area contributed by atoms with E-state index in [1.807, 2.05) is 0 Å². The Morgan fingerprint density at radius 3 is 1.12 bits per heavy atom. The molecule has 0 bridgehead atoms. The van der Waals surface area contributed by atoms with Crippen LogP contribution in [0.15, 0.2) is 24.3 Å². The number of hydrogen-bond acceptors (Lipinski definition) is 0. The molecule has 0 unspecified atom stereocenters. The zero-order valence-corrected chi connectivity index (χ0v) is 26.3. The number of benzene rings is 2. The quantitative estimate of drug-likeness (QED) is 0.218. The summed E-state index contributed by atoms with van der Waals surface area (Å²) in [6.45, 7) is 21.8. The van der Waals surface area contributed by atoms with E-state index < -0.39 is 18.4 Å². The van der Waals surface area contributed by atoms with E-state index in [9.17, 15) is 0 Å². The first kappa shape index (κ1) is 28.5. The summed E-state index contributed by atoms with van der Waals surface area (Å²) >= 11 is -2.35. The van der Waals surface area contributed by atoms with Crippen molar-refractivity contribution in [2.75, 3.05) is 0 Å². The molecular weight excluding hydrogens is 502 g/mol. The van der Waals surface area contributed by atoms with Gasteiger partial charge in [0.15, 0.2) is 0 Å². The van der Waals surface area contributed by atoms with E-state index in [0.717, 1.165) is 0 Å². The second-order valence-electron chi connectivity index (χ2n) is 11.2. The Hall–Kier alpha value is -0.696. The molecule has 182 valence electrons. The van der Waals surface area contributed by atoms with Crippen LogP contribution in [0.4, 0.5) is 0 Å². The van der Waals surface area contributed by atoms with Crippen molar-refractivity contribution in [1.29, 1.82) is 0 Å². The van der Waals surface area contributed by atoms with Crippen LogP contribution in [0.2, 0.25) is 17.6 Å². The summed E-state index contributed by atoms with van der Waals surface area (Å²) in [7, 11) is 0. The van der Waals surface area contributed by atoms with Gasteiger partial charge in [-0.3, -0.25) is 0 Å². The van der Waals surface area contributed by atoms with E-state index >= 15 is 0 Å². The molecule has 2 aromatic rings. The van der Waals surface area contributed by atoms with E-state index in [1.165, 1.54) is 76.2 Å². The van der Waals surface area contributed by atoms with Crippen LogP contribution in [0.1, 0.15) is 92.7 Å². The average molecular weight is 553 g/mol. The number of aryl methyl sites for hydroxylation is 6. The van der Waals surface area contributed by atoms with Crippen molar-refractivity contribution in [1.82, 2.24) is 0 Å². The van der Waals surface area contributed by atoms with Gasteiger partial charge in [0.05, 0.1) is 0 Å². The molecule has 0 spiro atoms. The molecule has 0 aliphatic heterocycles. The van der Waals surface area contributed by atoms with E-state index in [0.29, 0.717) is 6.71 Å². The van der Waals surface area contributed by atoms with Crippen LogP contribution in [0.25, 0.3) is 0 Å². The van der Waals surface area contributed by atoms with Crippen LogP contribution in [-0.2, 0) is 0 Å². The molecule has 2 heteroatoms. The molecule has 0 amide bonds. The van der Waals surface area contributed by atoms with Crippen molar-refractivity contribution >= 4 is 36.0 Å². The number of rotatable bonds is 13. The summed E-state index contributed by atoms with van der Waals surface area (Å²) in [5.74, 6) is 0. The zero-order chi connectivity index (χ0) is 24.6. The van der Waals surface area contributed by atoms with E-state index in [4.69, 9.17) is 0 Å². The monoisotopic (exact) mass is 554 g/mol. The van der Waals surface area contributed by atoms with Crippen LogP contribution in [0, 0.1) is 41.5 Å². The van der Waals surface area contributed by atoms with Gasteiger partial charge in [0.2, 0.25) is 0 Å². The summed E-state index contributed by atoms with van der Waals surface area (Å²) in [4.78, 5) is 0. The summed E-state index contributed by atoms with van der Waals surface area (Å²) in [6.07, 6.45) is 8.42. The Morgan fingerprint density at radius 2 is 0.848 bits per heavy atom. The van der Waals surface area contributed by atoms with Gasteiger partial charge in [-0.15, -0.1) is 0 Å². The molecule has 0 atom stereocenters. The molecule has 0 aliphatic rings. The first-order valence-electron chi connectivity index (χ1n) is 13.8. The number of unbranched alkanes of at least 4 members (excludes halogenated alkanes) is 3. The Morgan fingerprint density at radius 1 is 0.545 bits per heavy atom. The SMILES string of the molecule is CCC[CH2][Sn]([CH2]CCC)([CH2]CCC)[CH2]B(c1c(C)cc(C)cc1C)c1c(C)cc(C)cc1C. The number of hydrogen-bond donors (Lipinski definition) is 0. The molecule has 0 radical (unpaired) electrons. The van der Waals surface area contributed by atoms with Crippen LogP contribution >= 0.6 is 0 Å². The Bertz CT molecular complexity index is 773. The molecule has 0 N–H and O–H groups in total. The van der Waals surface area contributed by atoms with Gasteiger partial charge in [-0.2, -0.15) is 0 Å². The summed E-state index contributed by atoms with van der Waals surface area (Å²) in [5.41, 5.74) is 12.2. The first-order chi connectivity index (χ1) is 15.7. The van der Waals surface area contributed by atoms with Crippen molar-refractivity contribution in [3.8, 4) is 0 Å². The van der Waals surface area contributed by atoms with Gasteiger partial charge >= 0.3 is 212 Å². The van der Waals surface area contributed by atoms with Gasteiger partial charge in [-0.1, -0.05) is 0 Å². The Labute approximate surface area is 211 Å². The third-order valence-corrected chi connectivity index (χ3v) is 23.7. The molecule has 33 heavy (non-hydrogen) atoms. The van der Waals surface area contributed by atoms with Crippen LogP contribution < -0.4 is 10.9 Å². The minimum atomic E-state index is -2.35. The molecule has 0 saturated carbocycles. The van der Waals surface area contributed by atoms with Crippen LogP contribution in [-0.4, -0.2) is 25.1 Å². The second kappa shape index (κ2) is 13.4. The van der Waals surface area contributed by atoms with E-state index in [-0.39, 0.29) is 0 Å². The third kappa shape index (κ3) is 7.64. The van der Waals surface area contributed by atoms with Crippen molar-refractivity contribution in [3.63, 3.8) is 0 Å². The first-order valence-corrected chi connectivity index (χ1v) is 21.9. The molecular formula is C31H51BSn. The van der Waals surface area contributed by atoms with Crippen LogP contribution in [0.3, 0.4) is 0 Å². The third-order valence-electron chi connectivity index (χ3n) is 7.99. The summed E-state index contributed by atoms with van der Waals surface area (Å²) in [6, 6.07) is 9.76. The van der Waals surface area contributed by atoms with Gasteiger partial charge in [0, 0.05) is 0 Å². The predicted octanol–water partition coefficient (Wildman–Crippen LogP) is 8.53. The van der Waals surface area contributed by atoms with Crippen molar-refractivity contribution in [3.05, 3.63) is 57.6 Å². The Kier molecular flexibility index (Phi) is 11.6. The Balaban J connectivity index is 2.72. The standard InChI is InChI=1S/C19H24B.3C4H9.Sn/c1-12-8-14(3)18(15(4)9-12)20(7)19-16(5)10-13(2)11-17(19)6;3*1-3-4-2;/h8-11H,7H2,1-6H3;3*1,3-4H2,2H3;. The topological polar surface area (TPSA) is 0 Å². The molecule has 2 aromatic carbocycles. The fourth-order valence-electron chi connectivity index (χ4n) is 6.60. The summed E-state index contributed by atoms with van der Waals surface area (Å²) < 4.78 is 6.28. The molecule has 0 heterocycles. The molecule has 0 aliphatic carbocycles. The maximum atomic E-state index is 2.44. The predicted molar refractivity (Wildman–Crippen MR) is 156 cm³/mol. The zero-order valence-electron chi connectivity index (χ0n) is 23.5. The molecule has 0 saturated heterocycles. The van der Waals surface area contributed by atoms with E-state index in [2.05, 4.69) is 86.6 Å². The van der Waals surface area contributed by atoms with Gasteiger partial charge in [-0.05, 0) is 0 Å². The minimum absolute atomic E-state index is 0.576. The summed E-state index contributed by atoms with van der Waals surface area (Å²) in [5, 5.41) is 0. The fraction of sp³-hybridized carbons (Fsp3) is 0.613. The second-order valence-corrected chi connectivity index (χ2v) is 25.2.